The topological polar surface area (TPSA) is 169 Å². The lowest BCUT2D eigenvalue weighted by atomic mass is 10.1. The maximum atomic E-state index is 12.0. The summed E-state index contributed by atoms with van der Waals surface area (Å²) < 4.78 is 26.1. The van der Waals surface area contributed by atoms with Crippen LogP contribution in [0.25, 0.3) is 0 Å². The predicted molar refractivity (Wildman–Crippen MR) is 134 cm³/mol. The average Bonchev–Trinajstić information content (AvgIpc) is 2.83. The van der Waals surface area contributed by atoms with Gasteiger partial charge in [-0.1, -0.05) is 78.1 Å². The van der Waals surface area contributed by atoms with Crippen LogP contribution in [0, 0.1) is 0 Å². The molecule has 212 valence electrons. The molecule has 0 saturated heterocycles. The van der Waals surface area contributed by atoms with Crippen LogP contribution in [0.2, 0.25) is 0 Å². The highest BCUT2D eigenvalue weighted by molar-refractivity contribution is 7.47. The van der Waals surface area contributed by atoms with E-state index in [9.17, 15) is 34.1 Å². The third-order valence-corrected chi connectivity index (χ3v) is 6.35. The molecule has 0 bridgehead atoms. The Bertz CT molecular complexity index is 661. The van der Waals surface area contributed by atoms with Gasteiger partial charge < -0.3 is 25.2 Å². The number of amides is 1. The fourth-order valence-electron chi connectivity index (χ4n) is 3.25. The molecule has 0 aromatic rings. The quantitative estimate of drug-likeness (QED) is 0.0796. The Morgan fingerprint density at radius 1 is 0.778 bits per heavy atom. The first-order chi connectivity index (χ1) is 17.1. The molecule has 3 unspecified atom stereocenters. The number of phosphoric ester groups is 1. The van der Waals surface area contributed by atoms with Gasteiger partial charge in [-0.25, -0.2) is 9.36 Å². The van der Waals surface area contributed by atoms with Crippen LogP contribution in [-0.4, -0.2) is 64.9 Å². The zero-order valence-corrected chi connectivity index (χ0v) is 22.7. The van der Waals surface area contributed by atoms with Crippen molar-refractivity contribution in [3.05, 3.63) is 0 Å². The normalized spacial score (nSPS) is 14.6. The molecule has 0 spiro atoms. The first kappa shape index (κ1) is 34.5. The van der Waals surface area contributed by atoms with Gasteiger partial charge in [0.2, 0.25) is 5.91 Å². The second-order valence-corrected chi connectivity index (χ2v) is 10.3. The van der Waals surface area contributed by atoms with Gasteiger partial charge in [0.1, 0.15) is 12.7 Å². The lowest BCUT2D eigenvalue weighted by molar-refractivity contribution is -0.147. The molecule has 0 saturated carbocycles. The Morgan fingerprint density at radius 3 is 1.86 bits per heavy atom. The van der Waals surface area contributed by atoms with E-state index < -0.39 is 57.6 Å². The fourth-order valence-corrected chi connectivity index (χ4v) is 4.02. The Morgan fingerprint density at radius 2 is 1.28 bits per heavy atom. The summed E-state index contributed by atoms with van der Waals surface area (Å²) in [6, 6.07) is -1.53. The van der Waals surface area contributed by atoms with E-state index in [-0.39, 0.29) is 12.8 Å². The van der Waals surface area contributed by atoms with E-state index in [0.29, 0.717) is 12.8 Å². The minimum absolute atomic E-state index is 0.149. The Balaban J connectivity index is 4.16. The molecule has 0 heterocycles. The van der Waals surface area contributed by atoms with Gasteiger partial charge in [0, 0.05) is 12.8 Å². The second kappa shape index (κ2) is 21.6. The summed E-state index contributed by atoms with van der Waals surface area (Å²) in [5.74, 6) is -2.40. The number of phosphoric acid groups is 1. The number of esters is 1. The summed E-state index contributed by atoms with van der Waals surface area (Å²) in [5.41, 5.74) is 0. The number of carbonyl (C=O) groups is 3. The van der Waals surface area contributed by atoms with Crippen molar-refractivity contribution in [3.63, 3.8) is 0 Å². The molecule has 0 fully saturated rings. The maximum absolute atomic E-state index is 12.0. The molecule has 4 N–H and O–H groups in total. The first-order valence-electron chi connectivity index (χ1n) is 13.1. The van der Waals surface area contributed by atoms with Crippen molar-refractivity contribution < 1.29 is 47.8 Å². The van der Waals surface area contributed by atoms with Crippen LogP contribution in [0.5, 0.6) is 0 Å². The molecular formula is C24H46NO10P. The summed E-state index contributed by atoms with van der Waals surface area (Å²) in [4.78, 5) is 44.7. The Kier molecular flexibility index (Phi) is 20.6. The number of hydrogen-bond acceptors (Lipinski definition) is 8. The lowest BCUT2D eigenvalue weighted by Crippen LogP contribution is -2.43. The van der Waals surface area contributed by atoms with E-state index >= 15 is 0 Å². The van der Waals surface area contributed by atoms with Gasteiger partial charge in [0.05, 0.1) is 13.2 Å². The third kappa shape index (κ3) is 20.7. The van der Waals surface area contributed by atoms with Crippen LogP contribution in [0.4, 0.5) is 0 Å². The van der Waals surface area contributed by atoms with E-state index in [2.05, 4.69) is 21.3 Å². The summed E-state index contributed by atoms with van der Waals surface area (Å²) in [6.07, 6.45) is 11.2. The van der Waals surface area contributed by atoms with E-state index in [1.165, 1.54) is 32.1 Å². The number of carbonyl (C=O) groups excluding carboxylic acids is 2. The average molecular weight is 540 g/mol. The Labute approximate surface area is 214 Å². The van der Waals surface area contributed by atoms with E-state index in [1.54, 1.807) is 0 Å². The molecule has 0 aliphatic rings. The van der Waals surface area contributed by atoms with E-state index in [1.807, 2.05) is 6.92 Å². The van der Waals surface area contributed by atoms with Crippen LogP contribution < -0.4 is 5.32 Å². The molecule has 0 aliphatic heterocycles. The largest absolute Gasteiger partial charge is 0.480 e. The molecule has 36 heavy (non-hydrogen) atoms. The van der Waals surface area contributed by atoms with E-state index in [0.717, 1.165) is 32.1 Å². The summed E-state index contributed by atoms with van der Waals surface area (Å²) in [6.45, 7) is 2.28. The number of carboxylic acid groups (broad SMARTS) is 1. The van der Waals surface area contributed by atoms with Crippen molar-refractivity contribution in [2.24, 2.45) is 0 Å². The highest BCUT2D eigenvalue weighted by Crippen LogP contribution is 2.43. The number of carboxylic acids is 1. The molecule has 3 atom stereocenters. The molecule has 0 radical (unpaired) electrons. The number of hydrogen-bond donors (Lipinski definition) is 4. The van der Waals surface area contributed by atoms with Gasteiger partial charge in [-0.15, -0.1) is 0 Å². The second-order valence-electron chi connectivity index (χ2n) is 8.89. The highest BCUT2D eigenvalue weighted by atomic mass is 31.2. The van der Waals surface area contributed by atoms with Gasteiger partial charge in [0.15, 0.2) is 6.04 Å². The van der Waals surface area contributed by atoms with Gasteiger partial charge in [-0.2, -0.15) is 0 Å². The monoisotopic (exact) mass is 539 g/mol. The zero-order chi connectivity index (χ0) is 27.2. The SMILES string of the molecule is CCCCCCCCCCCC(=O)NC(COP(=O)(O)OCC(O)COC(=O)CCCCC)C(=O)O. The highest BCUT2D eigenvalue weighted by Gasteiger charge is 2.28. The summed E-state index contributed by atoms with van der Waals surface area (Å²) in [5, 5.41) is 21.3. The van der Waals surface area contributed by atoms with Crippen LogP contribution in [0.3, 0.4) is 0 Å². The predicted octanol–water partition coefficient (Wildman–Crippen LogP) is 4.09. The van der Waals surface area contributed by atoms with Crippen molar-refractivity contribution in [1.29, 1.82) is 0 Å². The fraction of sp³-hybridized carbons (Fsp3) is 0.875. The molecule has 0 aliphatic carbocycles. The number of rotatable bonds is 24. The summed E-state index contributed by atoms with van der Waals surface area (Å²) in [7, 11) is -4.71. The molecule has 11 nitrogen and oxygen atoms in total. The molecule has 0 aromatic carbocycles. The molecule has 0 rings (SSSR count). The van der Waals surface area contributed by atoms with Crippen LogP contribution >= 0.6 is 7.82 Å². The number of unbranched alkanes of at least 4 members (excludes halogenated alkanes) is 10. The third-order valence-electron chi connectivity index (χ3n) is 5.40. The van der Waals surface area contributed by atoms with E-state index in [4.69, 9.17) is 4.74 Å². The van der Waals surface area contributed by atoms with Gasteiger partial charge in [0.25, 0.3) is 0 Å². The van der Waals surface area contributed by atoms with Crippen molar-refractivity contribution in [2.45, 2.75) is 116 Å². The molecular weight excluding hydrogens is 493 g/mol. The minimum atomic E-state index is -4.71. The van der Waals surface area contributed by atoms with Crippen molar-refractivity contribution in [3.8, 4) is 0 Å². The van der Waals surface area contributed by atoms with Crippen LogP contribution in [0.15, 0.2) is 0 Å². The summed E-state index contributed by atoms with van der Waals surface area (Å²) >= 11 is 0. The van der Waals surface area contributed by atoms with Gasteiger partial charge in [-0.3, -0.25) is 18.6 Å². The number of ether oxygens (including phenoxy) is 1. The smallest absolute Gasteiger partial charge is 0.472 e. The van der Waals surface area contributed by atoms with Crippen molar-refractivity contribution >= 4 is 25.7 Å². The van der Waals surface area contributed by atoms with Gasteiger partial charge >= 0.3 is 19.8 Å². The first-order valence-corrected chi connectivity index (χ1v) is 14.6. The van der Waals surface area contributed by atoms with Crippen molar-refractivity contribution in [2.75, 3.05) is 19.8 Å². The number of aliphatic hydroxyl groups is 1. The maximum Gasteiger partial charge on any atom is 0.472 e. The lowest BCUT2D eigenvalue weighted by Gasteiger charge is -2.18. The number of aliphatic hydroxyl groups excluding tert-OH is 1. The molecule has 0 aromatic heterocycles. The van der Waals surface area contributed by atoms with Crippen LogP contribution in [0.1, 0.15) is 104 Å². The zero-order valence-electron chi connectivity index (χ0n) is 21.8. The van der Waals surface area contributed by atoms with Crippen molar-refractivity contribution in [1.82, 2.24) is 5.32 Å². The number of aliphatic carboxylic acids is 1. The Hall–Kier alpha value is -1.52. The van der Waals surface area contributed by atoms with Crippen LogP contribution in [-0.2, 0) is 32.7 Å². The number of nitrogens with one attached hydrogen (secondary N) is 1. The standard InChI is InChI=1S/C24H46NO10P/c1-3-5-7-8-9-10-11-12-14-15-22(27)25-21(24(29)30)19-35-36(31,32)34-18-20(26)17-33-23(28)16-13-6-4-2/h20-21,26H,3-19H2,1-2H3,(H,25,27)(H,29,30)(H,31,32). The molecule has 12 heteroatoms. The molecule has 1 amide bonds. The minimum Gasteiger partial charge on any atom is -0.480 e. The van der Waals surface area contributed by atoms with Gasteiger partial charge in [-0.05, 0) is 12.8 Å².